The summed E-state index contributed by atoms with van der Waals surface area (Å²) in [6.45, 7) is 1.43. The normalized spacial score (nSPS) is 10.4. The lowest BCUT2D eigenvalue weighted by Gasteiger charge is -2.13. The van der Waals surface area contributed by atoms with Gasteiger partial charge in [0, 0.05) is 24.7 Å². The molecule has 0 aliphatic carbocycles. The first-order chi connectivity index (χ1) is 10.2. The Kier molecular flexibility index (Phi) is 5.77. The van der Waals surface area contributed by atoms with E-state index >= 15 is 0 Å². The van der Waals surface area contributed by atoms with Gasteiger partial charge in [-0.05, 0) is 34.5 Å². The van der Waals surface area contributed by atoms with Crippen LogP contribution in [0.3, 0.4) is 0 Å². The molecule has 2 rings (SSSR count). The molecule has 0 radical (unpaired) electrons. The van der Waals surface area contributed by atoms with Crippen LogP contribution in [0, 0.1) is 0 Å². The highest BCUT2D eigenvalue weighted by Gasteiger charge is 2.09. The first-order valence-electron chi connectivity index (χ1n) is 6.57. The van der Waals surface area contributed by atoms with Crippen LogP contribution in [0.5, 0.6) is 0 Å². The molecule has 0 amide bonds. The summed E-state index contributed by atoms with van der Waals surface area (Å²) in [6, 6.07) is 7.77. The summed E-state index contributed by atoms with van der Waals surface area (Å²) in [4.78, 5) is 8.35. The quantitative estimate of drug-likeness (QED) is 0.665. The molecular formula is C14H18BrN5O. The standard InChI is InChI=1S/C14H18BrN5O/c1-21-8-4-7-17-13-12(16)14(19-9-18-13)20-11-6-3-2-5-10(11)15/h2-3,5-6,9H,4,7-8,16H2,1H3,(H2,17,18,19,20). The second-order valence-corrected chi connectivity index (χ2v) is 5.22. The van der Waals surface area contributed by atoms with Crippen molar-refractivity contribution in [1.82, 2.24) is 9.97 Å². The number of ether oxygens (including phenoxy) is 1. The lowest BCUT2D eigenvalue weighted by Crippen LogP contribution is -2.10. The first-order valence-corrected chi connectivity index (χ1v) is 7.36. The number of para-hydroxylation sites is 1. The molecule has 0 saturated carbocycles. The van der Waals surface area contributed by atoms with E-state index in [0.29, 0.717) is 23.9 Å². The minimum Gasteiger partial charge on any atom is -0.393 e. The van der Waals surface area contributed by atoms with E-state index in [4.69, 9.17) is 10.5 Å². The summed E-state index contributed by atoms with van der Waals surface area (Å²) in [6.07, 6.45) is 2.36. The zero-order valence-electron chi connectivity index (χ0n) is 11.8. The van der Waals surface area contributed by atoms with Gasteiger partial charge in [0.2, 0.25) is 0 Å². The molecular weight excluding hydrogens is 334 g/mol. The third kappa shape index (κ3) is 4.30. The average Bonchev–Trinajstić information content (AvgIpc) is 2.49. The number of nitrogens with zero attached hydrogens (tertiary/aromatic N) is 2. The van der Waals surface area contributed by atoms with Gasteiger partial charge in [-0.3, -0.25) is 0 Å². The van der Waals surface area contributed by atoms with Crippen molar-refractivity contribution in [3.8, 4) is 0 Å². The molecule has 112 valence electrons. The molecule has 0 fully saturated rings. The lowest BCUT2D eigenvalue weighted by atomic mass is 10.3. The number of hydrogen-bond donors (Lipinski definition) is 3. The molecule has 7 heteroatoms. The van der Waals surface area contributed by atoms with Gasteiger partial charge in [0.05, 0.1) is 5.69 Å². The molecule has 0 atom stereocenters. The van der Waals surface area contributed by atoms with Crippen LogP contribution in [-0.2, 0) is 4.74 Å². The minimum absolute atomic E-state index is 0.491. The predicted molar refractivity (Wildman–Crippen MR) is 88.9 cm³/mol. The topological polar surface area (TPSA) is 85.1 Å². The van der Waals surface area contributed by atoms with Crippen LogP contribution in [0.4, 0.5) is 23.0 Å². The van der Waals surface area contributed by atoms with Crippen molar-refractivity contribution < 1.29 is 4.74 Å². The minimum atomic E-state index is 0.491. The van der Waals surface area contributed by atoms with Gasteiger partial charge in [0.15, 0.2) is 11.6 Å². The van der Waals surface area contributed by atoms with Crippen molar-refractivity contribution in [2.75, 3.05) is 36.6 Å². The Bertz CT molecular complexity index is 593. The SMILES string of the molecule is COCCCNc1ncnc(Nc2ccccc2Br)c1N. The van der Waals surface area contributed by atoms with Gasteiger partial charge in [-0.1, -0.05) is 12.1 Å². The Morgan fingerprint density at radius 3 is 2.76 bits per heavy atom. The molecule has 0 aliphatic heterocycles. The summed E-state index contributed by atoms with van der Waals surface area (Å²) < 4.78 is 5.95. The second-order valence-electron chi connectivity index (χ2n) is 4.36. The van der Waals surface area contributed by atoms with E-state index in [-0.39, 0.29) is 0 Å². The van der Waals surface area contributed by atoms with E-state index in [1.807, 2.05) is 24.3 Å². The smallest absolute Gasteiger partial charge is 0.159 e. The Hall–Kier alpha value is -1.86. The van der Waals surface area contributed by atoms with Gasteiger partial charge in [0.1, 0.15) is 12.0 Å². The second kappa shape index (κ2) is 7.80. The number of nitrogen functional groups attached to an aromatic ring is 1. The molecule has 1 aromatic heterocycles. The lowest BCUT2D eigenvalue weighted by molar-refractivity contribution is 0.198. The van der Waals surface area contributed by atoms with E-state index in [1.54, 1.807) is 7.11 Å². The number of rotatable bonds is 7. The number of benzene rings is 1. The number of hydrogen-bond acceptors (Lipinski definition) is 6. The van der Waals surface area contributed by atoms with Crippen molar-refractivity contribution in [3.63, 3.8) is 0 Å². The fraction of sp³-hybridized carbons (Fsp3) is 0.286. The zero-order chi connectivity index (χ0) is 15.1. The van der Waals surface area contributed by atoms with Gasteiger partial charge >= 0.3 is 0 Å². The maximum atomic E-state index is 6.10. The van der Waals surface area contributed by atoms with Crippen molar-refractivity contribution in [2.45, 2.75) is 6.42 Å². The van der Waals surface area contributed by atoms with E-state index in [0.717, 1.165) is 23.1 Å². The molecule has 0 saturated heterocycles. The van der Waals surface area contributed by atoms with Gasteiger partial charge in [0.25, 0.3) is 0 Å². The summed E-state index contributed by atoms with van der Waals surface area (Å²) in [5.41, 5.74) is 7.49. The monoisotopic (exact) mass is 351 g/mol. The number of nitrogens with one attached hydrogen (secondary N) is 2. The van der Waals surface area contributed by atoms with E-state index in [2.05, 4.69) is 36.5 Å². The van der Waals surface area contributed by atoms with Crippen LogP contribution in [0.2, 0.25) is 0 Å². The van der Waals surface area contributed by atoms with E-state index in [9.17, 15) is 0 Å². The highest BCUT2D eigenvalue weighted by atomic mass is 79.9. The molecule has 6 nitrogen and oxygen atoms in total. The van der Waals surface area contributed by atoms with Gasteiger partial charge in [-0.15, -0.1) is 0 Å². The number of methoxy groups -OCH3 is 1. The molecule has 0 spiro atoms. The largest absolute Gasteiger partial charge is 0.393 e. The number of nitrogens with two attached hydrogens (primary N) is 1. The highest BCUT2D eigenvalue weighted by Crippen LogP contribution is 2.29. The van der Waals surface area contributed by atoms with E-state index in [1.165, 1.54) is 6.33 Å². The third-order valence-electron chi connectivity index (χ3n) is 2.83. The van der Waals surface area contributed by atoms with E-state index < -0.39 is 0 Å². The van der Waals surface area contributed by atoms with Gasteiger partial charge in [-0.25, -0.2) is 9.97 Å². The fourth-order valence-electron chi connectivity index (χ4n) is 1.75. The average molecular weight is 352 g/mol. The summed E-state index contributed by atoms with van der Waals surface area (Å²) in [7, 11) is 1.68. The molecule has 0 aliphatic rings. The van der Waals surface area contributed by atoms with Crippen molar-refractivity contribution in [3.05, 3.63) is 35.1 Å². The summed E-state index contributed by atoms with van der Waals surface area (Å²) >= 11 is 3.48. The van der Waals surface area contributed by atoms with Crippen molar-refractivity contribution >= 4 is 38.9 Å². The van der Waals surface area contributed by atoms with Crippen molar-refractivity contribution in [1.29, 1.82) is 0 Å². The molecule has 2 aromatic rings. The number of anilines is 4. The highest BCUT2D eigenvalue weighted by molar-refractivity contribution is 9.10. The zero-order valence-corrected chi connectivity index (χ0v) is 13.4. The Morgan fingerprint density at radius 2 is 2.00 bits per heavy atom. The fourth-order valence-corrected chi connectivity index (χ4v) is 2.13. The first kappa shape index (κ1) is 15.5. The van der Waals surface area contributed by atoms with Crippen molar-refractivity contribution in [2.24, 2.45) is 0 Å². The van der Waals surface area contributed by atoms with Gasteiger partial charge in [-0.2, -0.15) is 0 Å². The Morgan fingerprint density at radius 1 is 1.24 bits per heavy atom. The number of halogens is 1. The van der Waals surface area contributed by atoms with Crippen LogP contribution in [-0.4, -0.2) is 30.2 Å². The molecule has 4 N–H and O–H groups in total. The van der Waals surface area contributed by atoms with Crippen LogP contribution >= 0.6 is 15.9 Å². The Balaban J connectivity index is 2.09. The third-order valence-corrected chi connectivity index (χ3v) is 3.52. The van der Waals surface area contributed by atoms with Crippen LogP contribution in [0.15, 0.2) is 35.1 Å². The van der Waals surface area contributed by atoms with Crippen LogP contribution < -0.4 is 16.4 Å². The molecule has 1 heterocycles. The van der Waals surface area contributed by atoms with Gasteiger partial charge < -0.3 is 21.1 Å². The Labute approximate surface area is 132 Å². The molecule has 0 bridgehead atoms. The predicted octanol–water partition coefficient (Wildman–Crippen LogP) is 3.01. The van der Waals surface area contributed by atoms with Crippen LogP contribution in [0.25, 0.3) is 0 Å². The molecule has 1 aromatic carbocycles. The summed E-state index contributed by atoms with van der Waals surface area (Å²) in [5.74, 6) is 1.20. The maximum Gasteiger partial charge on any atom is 0.159 e. The summed E-state index contributed by atoms with van der Waals surface area (Å²) in [5, 5.41) is 6.38. The number of aromatic nitrogens is 2. The molecule has 21 heavy (non-hydrogen) atoms. The van der Waals surface area contributed by atoms with Crippen LogP contribution in [0.1, 0.15) is 6.42 Å². The maximum absolute atomic E-state index is 6.10. The molecule has 0 unspecified atom stereocenters.